The number of carbonyl (C=O) groups excluding carboxylic acids is 2. The first kappa shape index (κ1) is 17.5. The van der Waals surface area contributed by atoms with Crippen LogP contribution in [-0.4, -0.2) is 40.9 Å². The monoisotopic (exact) mass is 338 g/mol. The predicted octanol–water partition coefficient (Wildman–Crippen LogP) is 2.67. The molecule has 126 valence electrons. The number of carbonyl (C=O) groups is 3. The fraction of sp³-hybridized carbons (Fsp3) is 0.562. The maximum atomic E-state index is 12.4. The Labute approximate surface area is 139 Å². The van der Waals surface area contributed by atoms with Crippen LogP contribution in [-0.2, 0) is 9.59 Å². The molecule has 0 aromatic carbocycles. The van der Waals surface area contributed by atoms with Crippen molar-refractivity contribution in [1.82, 2.24) is 4.90 Å². The molecule has 2 heterocycles. The lowest BCUT2D eigenvalue weighted by Gasteiger charge is -2.33. The van der Waals surface area contributed by atoms with Gasteiger partial charge >= 0.3 is 5.97 Å². The van der Waals surface area contributed by atoms with E-state index in [2.05, 4.69) is 5.32 Å². The van der Waals surface area contributed by atoms with E-state index < -0.39 is 5.97 Å². The lowest BCUT2D eigenvalue weighted by molar-refractivity contribution is -0.138. The average molecular weight is 338 g/mol. The first-order chi connectivity index (χ1) is 10.9. The maximum absolute atomic E-state index is 12.4. The summed E-state index contributed by atoms with van der Waals surface area (Å²) in [6.45, 7) is 4.97. The van der Waals surface area contributed by atoms with Gasteiger partial charge in [0.1, 0.15) is 5.00 Å². The molecule has 7 heteroatoms. The molecule has 0 bridgehead atoms. The van der Waals surface area contributed by atoms with Crippen LogP contribution >= 0.6 is 11.3 Å². The average Bonchev–Trinajstić information content (AvgIpc) is 3.01. The smallest absolute Gasteiger partial charge is 0.338 e. The van der Waals surface area contributed by atoms with E-state index >= 15 is 0 Å². The lowest BCUT2D eigenvalue weighted by Crippen LogP contribution is -2.45. The number of aromatic carboxylic acids is 1. The highest BCUT2D eigenvalue weighted by Gasteiger charge is 2.30. The third kappa shape index (κ3) is 4.10. The van der Waals surface area contributed by atoms with E-state index in [4.69, 9.17) is 5.11 Å². The Morgan fingerprint density at radius 2 is 2.22 bits per heavy atom. The van der Waals surface area contributed by atoms with Crippen molar-refractivity contribution >= 4 is 34.1 Å². The summed E-state index contributed by atoms with van der Waals surface area (Å²) in [5.74, 6) is -1.50. The highest BCUT2D eigenvalue weighted by atomic mass is 32.1. The Kier molecular flexibility index (Phi) is 5.76. The first-order valence-electron chi connectivity index (χ1n) is 7.84. The van der Waals surface area contributed by atoms with Gasteiger partial charge in [-0.05, 0) is 30.7 Å². The fourth-order valence-corrected chi connectivity index (χ4v) is 3.45. The van der Waals surface area contributed by atoms with Crippen LogP contribution in [0.25, 0.3) is 0 Å². The van der Waals surface area contributed by atoms with E-state index in [-0.39, 0.29) is 29.2 Å². The van der Waals surface area contributed by atoms with Gasteiger partial charge in [-0.3, -0.25) is 9.59 Å². The highest BCUT2D eigenvalue weighted by molar-refractivity contribution is 7.14. The molecule has 2 amide bonds. The van der Waals surface area contributed by atoms with E-state index in [0.717, 1.165) is 12.8 Å². The number of rotatable bonds is 5. The zero-order valence-corrected chi connectivity index (χ0v) is 14.2. The Morgan fingerprint density at radius 3 is 2.87 bits per heavy atom. The molecular weight excluding hydrogens is 316 g/mol. The number of thiophene rings is 1. The molecule has 1 saturated heterocycles. The van der Waals surface area contributed by atoms with E-state index in [1.165, 1.54) is 17.4 Å². The van der Waals surface area contributed by atoms with Crippen molar-refractivity contribution in [3.63, 3.8) is 0 Å². The van der Waals surface area contributed by atoms with Gasteiger partial charge in [0.25, 0.3) is 0 Å². The molecule has 0 saturated carbocycles. The largest absolute Gasteiger partial charge is 0.478 e. The van der Waals surface area contributed by atoms with Crippen molar-refractivity contribution < 1.29 is 19.5 Å². The molecule has 1 aliphatic rings. The zero-order chi connectivity index (χ0) is 17.0. The molecular formula is C16H22N2O4S. The summed E-state index contributed by atoms with van der Waals surface area (Å²) >= 11 is 1.19. The normalized spacial score (nSPS) is 19.2. The number of hydrogen-bond acceptors (Lipinski definition) is 4. The number of carboxylic acid groups (broad SMARTS) is 1. The second-order valence-electron chi connectivity index (χ2n) is 5.89. The Balaban J connectivity index is 2.00. The van der Waals surface area contributed by atoms with Crippen molar-refractivity contribution in [2.45, 2.75) is 33.1 Å². The molecule has 0 radical (unpaired) electrons. The number of anilines is 1. The number of carboxylic acids is 1. The quantitative estimate of drug-likeness (QED) is 0.864. The van der Waals surface area contributed by atoms with Crippen molar-refractivity contribution in [2.75, 3.05) is 18.4 Å². The number of nitrogens with one attached hydrogen (secondary N) is 1. The summed E-state index contributed by atoms with van der Waals surface area (Å²) in [7, 11) is 0. The Morgan fingerprint density at radius 1 is 1.48 bits per heavy atom. The van der Waals surface area contributed by atoms with Gasteiger partial charge in [-0.15, -0.1) is 11.3 Å². The number of likely N-dealkylation sites (tertiary alicyclic amines) is 1. The van der Waals surface area contributed by atoms with Crippen LogP contribution in [0.4, 0.5) is 5.00 Å². The van der Waals surface area contributed by atoms with Crippen molar-refractivity contribution in [1.29, 1.82) is 0 Å². The number of hydrogen-bond donors (Lipinski definition) is 2. The van der Waals surface area contributed by atoms with Crippen LogP contribution in [0, 0.1) is 11.8 Å². The third-order valence-electron chi connectivity index (χ3n) is 4.27. The number of amides is 2. The van der Waals surface area contributed by atoms with Gasteiger partial charge in [0.15, 0.2) is 0 Å². The van der Waals surface area contributed by atoms with Crippen LogP contribution in [0.3, 0.4) is 0 Å². The van der Waals surface area contributed by atoms with Crippen molar-refractivity contribution in [3.05, 3.63) is 17.0 Å². The minimum Gasteiger partial charge on any atom is -0.478 e. The molecule has 0 spiro atoms. The van der Waals surface area contributed by atoms with Gasteiger partial charge in [0.2, 0.25) is 11.8 Å². The molecule has 2 rings (SSSR count). The van der Waals surface area contributed by atoms with Gasteiger partial charge in [0, 0.05) is 19.0 Å². The topological polar surface area (TPSA) is 86.7 Å². The maximum Gasteiger partial charge on any atom is 0.338 e. The summed E-state index contributed by atoms with van der Waals surface area (Å²) in [6.07, 6.45) is 2.28. The molecule has 1 fully saturated rings. The van der Waals surface area contributed by atoms with Gasteiger partial charge in [-0.2, -0.15) is 0 Å². The molecule has 1 aromatic rings. The second-order valence-corrected chi connectivity index (χ2v) is 6.81. The second kappa shape index (κ2) is 7.59. The molecule has 6 nitrogen and oxygen atoms in total. The molecule has 0 aliphatic carbocycles. The highest BCUT2D eigenvalue weighted by Crippen LogP contribution is 2.26. The van der Waals surface area contributed by atoms with Crippen LogP contribution in [0.5, 0.6) is 0 Å². The predicted molar refractivity (Wildman–Crippen MR) is 88.7 cm³/mol. The van der Waals surface area contributed by atoms with Gasteiger partial charge < -0.3 is 15.3 Å². The number of piperidine rings is 1. The minimum absolute atomic E-state index is 0.0345. The van der Waals surface area contributed by atoms with Crippen LogP contribution in [0.2, 0.25) is 0 Å². The molecule has 23 heavy (non-hydrogen) atoms. The van der Waals surface area contributed by atoms with Crippen molar-refractivity contribution in [2.24, 2.45) is 11.8 Å². The van der Waals surface area contributed by atoms with E-state index in [0.29, 0.717) is 24.5 Å². The molecule has 1 aliphatic heterocycles. The third-order valence-corrected chi connectivity index (χ3v) is 5.10. The summed E-state index contributed by atoms with van der Waals surface area (Å²) in [4.78, 5) is 37.5. The molecule has 2 unspecified atom stereocenters. The molecule has 2 atom stereocenters. The number of nitrogens with zero attached hydrogens (tertiary/aromatic N) is 1. The Bertz CT molecular complexity index is 599. The fourth-order valence-electron chi connectivity index (χ4n) is 2.67. The summed E-state index contributed by atoms with van der Waals surface area (Å²) < 4.78 is 0. The van der Waals surface area contributed by atoms with E-state index in [1.807, 2.05) is 13.8 Å². The SMILES string of the molecule is CCC(C)C(=O)N1CCCC(C(=O)Nc2sccc2C(=O)O)C1. The summed E-state index contributed by atoms with van der Waals surface area (Å²) in [5, 5.41) is 13.8. The minimum atomic E-state index is -1.06. The standard InChI is InChI=1S/C16H22N2O4S/c1-3-10(2)15(20)18-7-4-5-11(9-18)13(19)17-14-12(16(21)22)6-8-23-14/h6,8,10-11H,3-5,7,9H2,1-2H3,(H,17,19)(H,21,22). The summed E-state index contributed by atoms with van der Waals surface area (Å²) in [6, 6.07) is 1.47. The van der Waals surface area contributed by atoms with E-state index in [1.54, 1.807) is 10.3 Å². The first-order valence-corrected chi connectivity index (χ1v) is 8.72. The van der Waals surface area contributed by atoms with Crippen molar-refractivity contribution in [3.8, 4) is 0 Å². The van der Waals surface area contributed by atoms with Gasteiger partial charge in [-0.1, -0.05) is 13.8 Å². The molecule has 1 aromatic heterocycles. The van der Waals surface area contributed by atoms with Gasteiger partial charge in [-0.25, -0.2) is 4.79 Å². The Hall–Kier alpha value is -1.89. The van der Waals surface area contributed by atoms with Crippen LogP contribution in [0.1, 0.15) is 43.5 Å². The molecule has 2 N–H and O–H groups in total. The van der Waals surface area contributed by atoms with Crippen LogP contribution in [0.15, 0.2) is 11.4 Å². The summed E-state index contributed by atoms with van der Waals surface area (Å²) in [5.41, 5.74) is 0.103. The van der Waals surface area contributed by atoms with E-state index in [9.17, 15) is 14.4 Å². The zero-order valence-electron chi connectivity index (χ0n) is 13.4. The van der Waals surface area contributed by atoms with Crippen LogP contribution < -0.4 is 5.32 Å². The lowest BCUT2D eigenvalue weighted by atomic mass is 9.95. The van der Waals surface area contributed by atoms with Gasteiger partial charge in [0.05, 0.1) is 11.5 Å².